The second-order valence-electron chi connectivity index (χ2n) is 6.44. The van der Waals surface area contributed by atoms with Crippen LogP contribution in [0.4, 0.5) is 0 Å². The number of rotatable bonds is 3. The maximum atomic E-state index is 13.2. The number of aromatic nitrogens is 2. The molecule has 0 aliphatic rings. The van der Waals surface area contributed by atoms with Gasteiger partial charge in [-0.1, -0.05) is 65.2 Å². The minimum Gasteiger partial charge on any atom is -0.268 e. The second kappa shape index (κ2) is 7.63. The van der Waals surface area contributed by atoms with Crippen LogP contribution < -0.4 is 5.56 Å². The average Bonchev–Trinajstić information content (AvgIpc) is 2.70. The second-order valence-corrected chi connectivity index (χ2v) is 7.22. The maximum Gasteiger partial charge on any atom is 0.266 e. The summed E-state index contributed by atoms with van der Waals surface area (Å²) >= 11 is 12.4. The van der Waals surface area contributed by atoms with E-state index in [0.717, 1.165) is 16.8 Å². The molecule has 0 radical (unpaired) electrons. The van der Waals surface area contributed by atoms with Crippen LogP contribution in [0.2, 0.25) is 10.0 Å². The zero-order chi connectivity index (χ0) is 19.7. The van der Waals surface area contributed by atoms with E-state index in [1.165, 1.54) is 0 Å². The van der Waals surface area contributed by atoms with Crippen molar-refractivity contribution in [1.82, 2.24) is 9.55 Å². The van der Waals surface area contributed by atoms with E-state index in [0.29, 0.717) is 26.8 Å². The molecule has 4 aromatic rings. The quantitative estimate of drug-likeness (QED) is 0.407. The minimum atomic E-state index is -0.119. The Labute approximate surface area is 172 Å². The van der Waals surface area contributed by atoms with E-state index < -0.39 is 0 Å². The molecule has 0 fully saturated rings. The normalized spacial score (nSPS) is 11.4. The Bertz CT molecular complexity index is 1260. The highest BCUT2D eigenvalue weighted by atomic mass is 35.5. The number of halogens is 2. The van der Waals surface area contributed by atoms with Crippen LogP contribution in [-0.2, 0) is 0 Å². The molecule has 0 N–H and O–H groups in total. The van der Waals surface area contributed by atoms with Crippen LogP contribution in [0.3, 0.4) is 0 Å². The highest BCUT2D eigenvalue weighted by molar-refractivity contribution is 6.42. The van der Waals surface area contributed by atoms with Gasteiger partial charge in [-0.25, -0.2) is 4.98 Å². The molecular weight excluding hydrogens is 391 g/mol. The molecule has 1 heterocycles. The topological polar surface area (TPSA) is 34.9 Å². The van der Waals surface area contributed by atoms with Gasteiger partial charge in [-0.2, -0.15) is 0 Å². The van der Waals surface area contributed by atoms with E-state index in [4.69, 9.17) is 28.2 Å². The summed E-state index contributed by atoms with van der Waals surface area (Å²) in [5, 5.41) is 1.51. The lowest BCUT2D eigenvalue weighted by Gasteiger charge is -2.12. The van der Waals surface area contributed by atoms with Crippen LogP contribution in [0.5, 0.6) is 0 Å². The van der Waals surface area contributed by atoms with Gasteiger partial charge in [-0.3, -0.25) is 9.36 Å². The van der Waals surface area contributed by atoms with Crippen LogP contribution in [0.25, 0.3) is 28.7 Å². The molecule has 0 aliphatic heterocycles. The SMILES string of the molecule is Cc1ccc(-n2c(C=Cc3cccc(Cl)c3Cl)nc3ccccc3c2=O)cc1. The fourth-order valence-corrected chi connectivity index (χ4v) is 3.39. The van der Waals surface area contributed by atoms with Crippen LogP contribution in [0, 0.1) is 6.92 Å². The van der Waals surface area contributed by atoms with E-state index in [1.54, 1.807) is 22.8 Å². The molecule has 5 heteroatoms. The molecular formula is C23H16Cl2N2O. The van der Waals surface area contributed by atoms with Gasteiger partial charge >= 0.3 is 0 Å². The molecule has 0 atom stereocenters. The van der Waals surface area contributed by atoms with E-state index in [2.05, 4.69) is 0 Å². The molecule has 3 nitrogen and oxygen atoms in total. The number of benzene rings is 3. The van der Waals surface area contributed by atoms with Crippen molar-refractivity contribution in [2.24, 2.45) is 0 Å². The Hall–Kier alpha value is -2.88. The van der Waals surface area contributed by atoms with Crippen molar-refractivity contribution in [1.29, 1.82) is 0 Å². The zero-order valence-electron chi connectivity index (χ0n) is 15.1. The first-order valence-electron chi connectivity index (χ1n) is 8.75. The number of hydrogen-bond acceptors (Lipinski definition) is 2. The van der Waals surface area contributed by atoms with Gasteiger partial charge < -0.3 is 0 Å². The molecule has 0 amide bonds. The summed E-state index contributed by atoms with van der Waals surface area (Å²) < 4.78 is 1.61. The molecule has 0 unspecified atom stereocenters. The van der Waals surface area contributed by atoms with Crippen LogP contribution in [0.1, 0.15) is 17.0 Å². The third kappa shape index (κ3) is 3.47. The van der Waals surface area contributed by atoms with Gasteiger partial charge in [-0.15, -0.1) is 0 Å². The molecule has 28 heavy (non-hydrogen) atoms. The third-order valence-corrected chi connectivity index (χ3v) is 5.32. The van der Waals surface area contributed by atoms with Crippen LogP contribution in [0.15, 0.2) is 71.5 Å². The highest BCUT2D eigenvalue weighted by Crippen LogP contribution is 2.27. The van der Waals surface area contributed by atoms with Crippen molar-refractivity contribution in [3.05, 3.63) is 104 Å². The van der Waals surface area contributed by atoms with Gasteiger partial charge in [0.05, 0.1) is 26.6 Å². The minimum absolute atomic E-state index is 0.119. The maximum absolute atomic E-state index is 13.2. The largest absolute Gasteiger partial charge is 0.268 e. The van der Waals surface area contributed by atoms with Gasteiger partial charge in [-0.05, 0) is 55.0 Å². The molecule has 0 spiro atoms. The zero-order valence-corrected chi connectivity index (χ0v) is 16.6. The predicted molar refractivity (Wildman–Crippen MR) is 117 cm³/mol. The highest BCUT2D eigenvalue weighted by Gasteiger charge is 2.11. The van der Waals surface area contributed by atoms with Crippen molar-refractivity contribution in [3.63, 3.8) is 0 Å². The summed E-state index contributed by atoms with van der Waals surface area (Å²) in [5.74, 6) is 0.517. The Kier molecular flexibility index (Phi) is 5.03. The number of nitrogens with zero attached hydrogens (tertiary/aromatic N) is 2. The molecule has 3 aromatic carbocycles. The first-order valence-corrected chi connectivity index (χ1v) is 9.51. The van der Waals surface area contributed by atoms with Crippen molar-refractivity contribution in [2.45, 2.75) is 6.92 Å². The number of aryl methyl sites for hydroxylation is 1. The molecule has 0 saturated heterocycles. The predicted octanol–water partition coefficient (Wildman–Crippen LogP) is 6.17. The Morgan fingerprint density at radius 2 is 1.64 bits per heavy atom. The van der Waals surface area contributed by atoms with Gasteiger partial charge in [0.1, 0.15) is 5.82 Å². The lowest BCUT2D eigenvalue weighted by Crippen LogP contribution is -2.22. The molecule has 0 aliphatic carbocycles. The monoisotopic (exact) mass is 406 g/mol. The van der Waals surface area contributed by atoms with Crippen LogP contribution in [-0.4, -0.2) is 9.55 Å². The molecule has 138 valence electrons. The average molecular weight is 407 g/mol. The van der Waals surface area contributed by atoms with E-state index in [1.807, 2.05) is 67.6 Å². The van der Waals surface area contributed by atoms with Crippen molar-refractivity contribution in [2.75, 3.05) is 0 Å². The van der Waals surface area contributed by atoms with E-state index >= 15 is 0 Å². The number of para-hydroxylation sites is 1. The fourth-order valence-electron chi connectivity index (χ4n) is 3.02. The third-order valence-electron chi connectivity index (χ3n) is 4.49. The van der Waals surface area contributed by atoms with Crippen molar-refractivity contribution < 1.29 is 0 Å². The Morgan fingerprint density at radius 3 is 2.43 bits per heavy atom. The summed E-state index contributed by atoms with van der Waals surface area (Å²) in [7, 11) is 0. The summed E-state index contributed by atoms with van der Waals surface area (Å²) in [6, 6.07) is 20.5. The first kappa shape index (κ1) is 18.5. The molecule has 4 rings (SSSR count). The lowest BCUT2D eigenvalue weighted by atomic mass is 10.2. The Balaban J connectivity index is 1.95. The summed E-state index contributed by atoms with van der Waals surface area (Å²) in [5.41, 5.74) is 3.16. The standard InChI is InChI=1S/C23H16Cl2N2O/c1-15-9-12-17(13-10-15)27-21(14-11-16-5-4-7-19(24)22(16)25)26-20-8-3-2-6-18(20)23(27)28/h2-14H,1H3. The number of fused-ring (bicyclic) bond motifs is 1. The van der Waals surface area contributed by atoms with Gasteiger partial charge in [0.25, 0.3) is 5.56 Å². The van der Waals surface area contributed by atoms with Crippen LogP contribution >= 0.6 is 23.2 Å². The van der Waals surface area contributed by atoms with Gasteiger partial charge in [0, 0.05) is 0 Å². The number of hydrogen-bond donors (Lipinski definition) is 0. The fraction of sp³-hybridized carbons (Fsp3) is 0.0435. The molecule has 1 aromatic heterocycles. The van der Waals surface area contributed by atoms with E-state index in [9.17, 15) is 4.79 Å². The van der Waals surface area contributed by atoms with E-state index in [-0.39, 0.29) is 5.56 Å². The molecule has 0 saturated carbocycles. The van der Waals surface area contributed by atoms with Gasteiger partial charge in [0.2, 0.25) is 0 Å². The van der Waals surface area contributed by atoms with Crippen molar-refractivity contribution >= 4 is 46.3 Å². The molecule has 0 bridgehead atoms. The summed E-state index contributed by atoms with van der Waals surface area (Å²) in [6.45, 7) is 2.01. The summed E-state index contributed by atoms with van der Waals surface area (Å²) in [4.78, 5) is 17.9. The first-order chi connectivity index (χ1) is 13.5. The summed E-state index contributed by atoms with van der Waals surface area (Å²) in [6.07, 6.45) is 3.60. The smallest absolute Gasteiger partial charge is 0.266 e. The lowest BCUT2D eigenvalue weighted by molar-refractivity contribution is 0.943. The Morgan fingerprint density at radius 1 is 0.893 bits per heavy atom. The van der Waals surface area contributed by atoms with Gasteiger partial charge in [0.15, 0.2) is 0 Å². The van der Waals surface area contributed by atoms with Crippen molar-refractivity contribution in [3.8, 4) is 5.69 Å².